The first-order chi connectivity index (χ1) is 5.34. The van der Waals surface area contributed by atoms with Crippen LogP contribution in [0, 0.1) is 0 Å². The average molecular weight is 174 g/mol. The maximum absolute atomic E-state index is 5.80. The van der Waals surface area contributed by atoms with Crippen molar-refractivity contribution < 1.29 is 0 Å². The number of rotatable bonds is 4. The van der Waals surface area contributed by atoms with Gasteiger partial charge in [0.05, 0.1) is 6.20 Å². The largest absolute Gasteiger partial charge is 0.320 e. The molecular formula is C7H12ClN3. The van der Waals surface area contributed by atoms with Gasteiger partial charge in [0.1, 0.15) is 5.15 Å². The van der Waals surface area contributed by atoms with E-state index in [2.05, 4.69) is 10.4 Å². The Morgan fingerprint density at radius 1 is 1.73 bits per heavy atom. The first kappa shape index (κ1) is 8.56. The second kappa shape index (κ2) is 4.36. The Bertz CT molecular complexity index is 209. The van der Waals surface area contributed by atoms with Crippen LogP contribution in [0.25, 0.3) is 0 Å². The Balaban J connectivity index is 2.32. The summed E-state index contributed by atoms with van der Waals surface area (Å²) >= 11 is 5.80. The maximum Gasteiger partial charge on any atom is 0.127 e. The summed E-state index contributed by atoms with van der Waals surface area (Å²) in [6, 6.07) is 1.79. The standard InChI is InChI=1S/C7H12ClN3/c1-9-4-2-6-11-7(8)3-5-10-11/h3,5,9H,2,4,6H2,1H3. The monoisotopic (exact) mass is 173 g/mol. The van der Waals surface area contributed by atoms with E-state index in [0.29, 0.717) is 5.15 Å². The molecule has 0 amide bonds. The fraction of sp³-hybridized carbons (Fsp3) is 0.571. The summed E-state index contributed by atoms with van der Waals surface area (Å²) in [5, 5.41) is 7.82. The summed E-state index contributed by atoms with van der Waals surface area (Å²) in [5.41, 5.74) is 0. The third kappa shape index (κ3) is 2.52. The van der Waals surface area contributed by atoms with Crippen LogP contribution in [-0.2, 0) is 6.54 Å². The van der Waals surface area contributed by atoms with Gasteiger partial charge >= 0.3 is 0 Å². The lowest BCUT2D eigenvalue weighted by Crippen LogP contribution is -2.11. The summed E-state index contributed by atoms with van der Waals surface area (Å²) in [7, 11) is 1.94. The molecule has 0 radical (unpaired) electrons. The molecule has 0 spiro atoms. The van der Waals surface area contributed by atoms with E-state index in [9.17, 15) is 0 Å². The topological polar surface area (TPSA) is 29.9 Å². The molecule has 62 valence electrons. The number of aromatic nitrogens is 2. The van der Waals surface area contributed by atoms with E-state index < -0.39 is 0 Å². The minimum Gasteiger partial charge on any atom is -0.320 e. The highest BCUT2D eigenvalue weighted by atomic mass is 35.5. The van der Waals surface area contributed by atoms with Crippen molar-refractivity contribution in [3.8, 4) is 0 Å². The van der Waals surface area contributed by atoms with Gasteiger partial charge in [0.2, 0.25) is 0 Å². The van der Waals surface area contributed by atoms with E-state index in [1.165, 1.54) is 0 Å². The molecule has 3 nitrogen and oxygen atoms in total. The van der Waals surface area contributed by atoms with Crippen LogP contribution in [0.3, 0.4) is 0 Å². The highest BCUT2D eigenvalue weighted by molar-refractivity contribution is 6.29. The average Bonchev–Trinajstić information content (AvgIpc) is 2.37. The van der Waals surface area contributed by atoms with E-state index in [4.69, 9.17) is 11.6 Å². The molecule has 1 aromatic heterocycles. The molecule has 0 aliphatic rings. The van der Waals surface area contributed by atoms with Gasteiger partial charge in [-0.1, -0.05) is 11.6 Å². The van der Waals surface area contributed by atoms with Crippen LogP contribution in [0.5, 0.6) is 0 Å². The van der Waals surface area contributed by atoms with Gasteiger partial charge in [0.15, 0.2) is 0 Å². The first-order valence-electron chi connectivity index (χ1n) is 3.66. The lowest BCUT2D eigenvalue weighted by molar-refractivity contribution is 0.563. The quantitative estimate of drug-likeness (QED) is 0.693. The number of nitrogens with one attached hydrogen (secondary N) is 1. The molecule has 0 aliphatic heterocycles. The van der Waals surface area contributed by atoms with Crippen LogP contribution in [0.2, 0.25) is 5.15 Å². The molecular weight excluding hydrogens is 162 g/mol. The summed E-state index contributed by atoms with van der Waals surface area (Å²) in [6.45, 7) is 1.88. The van der Waals surface area contributed by atoms with Gasteiger partial charge in [-0.25, -0.2) is 0 Å². The normalized spacial score (nSPS) is 10.4. The van der Waals surface area contributed by atoms with Crippen molar-refractivity contribution in [2.24, 2.45) is 0 Å². The Kier molecular flexibility index (Phi) is 3.39. The number of nitrogens with zero attached hydrogens (tertiary/aromatic N) is 2. The molecule has 0 saturated heterocycles. The molecule has 0 unspecified atom stereocenters. The zero-order valence-corrected chi connectivity index (χ0v) is 7.30. The van der Waals surface area contributed by atoms with Gasteiger partial charge in [-0.2, -0.15) is 5.10 Å². The Morgan fingerprint density at radius 3 is 3.09 bits per heavy atom. The Hall–Kier alpha value is -0.540. The molecule has 11 heavy (non-hydrogen) atoms. The molecule has 0 aliphatic carbocycles. The third-order valence-electron chi connectivity index (χ3n) is 1.46. The van der Waals surface area contributed by atoms with Gasteiger partial charge in [-0.15, -0.1) is 0 Å². The molecule has 0 bridgehead atoms. The minimum absolute atomic E-state index is 0.709. The van der Waals surface area contributed by atoms with Gasteiger partial charge in [-0.05, 0) is 26.1 Å². The summed E-state index contributed by atoms with van der Waals surface area (Å²) in [4.78, 5) is 0. The molecule has 0 atom stereocenters. The van der Waals surface area contributed by atoms with E-state index in [-0.39, 0.29) is 0 Å². The van der Waals surface area contributed by atoms with Crippen molar-refractivity contribution in [3.63, 3.8) is 0 Å². The molecule has 0 fully saturated rings. The van der Waals surface area contributed by atoms with E-state index in [0.717, 1.165) is 19.5 Å². The Labute approximate surface area is 71.4 Å². The predicted octanol–water partition coefficient (Wildman–Crippen LogP) is 1.15. The van der Waals surface area contributed by atoms with E-state index >= 15 is 0 Å². The zero-order valence-electron chi connectivity index (χ0n) is 6.55. The van der Waals surface area contributed by atoms with Gasteiger partial charge < -0.3 is 5.32 Å². The molecule has 1 rings (SSSR count). The smallest absolute Gasteiger partial charge is 0.127 e. The highest BCUT2D eigenvalue weighted by Gasteiger charge is 1.96. The molecule has 1 heterocycles. The lowest BCUT2D eigenvalue weighted by Gasteiger charge is -2.01. The van der Waals surface area contributed by atoms with Crippen molar-refractivity contribution in [2.75, 3.05) is 13.6 Å². The molecule has 4 heteroatoms. The van der Waals surface area contributed by atoms with Crippen molar-refractivity contribution in [3.05, 3.63) is 17.4 Å². The fourth-order valence-corrected chi connectivity index (χ4v) is 1.07. The van der Waals surface area contributed by atoms with Crippen molar-refractivity contribution in [1.29, 1.82) is 0 Å². The van der Waals surface area contributed by atoms with Gasteiger partial charge in [-0.3, -0.25) is 4.68 Å². The Morgan fingerprint density at radius 2 is 2.55 bits per heavy atom. The van der Waals surface area contributed by atoms with Crippen LogP contribution in [0.4, 0.5) is 0 Å². The molecule has 1 aromatic rings. The van der Waals surface area contributed by atoms with Gasteiger partial charge in [0, 0.05) is 6.54 Å². The van der Waals surface area contributed by atoms with Crippen molar-refractivity contribution >= 4 is 11.6 Å². The second-order valence-electron chi connectivity index (χ2n) is 2.33. The van der Waals surface area contributed by atoms with Crippen LogP contribution >= 0.6 is 11.6 Å². The number of hydrogen-bond acceptors (Lipinski definition) is 2. The van der Waals surface area contributed by atoms with E-state index in [1.807, 2.05) is 7.05 Å². The van der Waals surface area contributed by atoms with Crippen LogP contribution in [0.15, 0.2) is 12.3 Å². The summed E-state index contributed by atoms with van der Waals surface area (Å²) in [6.07, 6.45) is 2.76. The second-order valence-corrected chi connectivity index (χ2v) is 2.72. The number of hydrogen-bond donors (Lipinski definition) is 1. The van der Waals surface area contributed by atoms with Crippen LogP contribution in [0.1, 0.15) is 6.42 Å². The SMILES string of the molecule is CNCCCn1nccc1Cl. The number of aryl methyl sites for hydroxylation is 1. The summed E-state index contributed by atoms with van der Waals surface area (Å²) in [5.74, 6) is 0. The minimum atomic E-state index is 0.709. The third-order valence-corrected chi connectivity index (χ3v) is 1.78. The van der Waals surface area contributed by atoms with Crippen molar-refractivity contribution in [1.82, 2.24) is 15.1 Å². The maximum atomic E-state index is 5.80. The predicted molar refractivity (Wildman–Crippen MR) is 45.8 cm³/mol. The number of halogens is 1. The van der Waals surface area contributed by atoms with Crippen LogP contribution < -0.4 is 5.32 Å². The van der Waals surface area contributed by atoms with Crippen LogP contribution in [-0.4, -0.2) is 23.4 Å². The van der Waals surface area contributed by atoms with E-state index in [1.54, 1.807) is 16.9 Å². The summed E-state index contributed by atoms with van der Waals surface area (Å²) < 4.78 is 1.79. The highest BCUT2D eigenvalue weighted by Crippen LogP contribution is 2.05. The van der Waals surface area contributed by atoms with Gasteiger partial charge in [0.25, 0.3) is 0 Å². The first-order valence-corrected chi connectivity index (χ1v) is 4.04. The lowest BCUT2D eigenvalue weighted by atomic mass is 10.4. The molecule has 1 N–H and O–H groups in total. The van der Waals surface area contributed by atoms with Crippen molar-refractivity contribution in [2.45, 2.75) is 13.0 Å². The fourth-order valence-electron chi connectivity index (χ4n) is 0.887. The molecule has 0 saturated carbocycles. The molecule has 0 aromatic carbocycles. The zero-order chi connectivity index (χ0) is 8.10.